The van der Waals surface area contributed by atoms with Gasteiger partial charge in [-0.2, -0.15) is 8.42 Å². The molecule has 10 nitrogen and oxygen atoms in total. The van der Waals surface area contributed by atoms with E-state index in [2.05, 4.69) is 36.3 Å². The number of halogens is 1. The van der Waals surface area contributed by atoms with E-state index in [1.54, 1.807) is 18.2 Å². The van der Waals surface area contributed by atoms with Crippen LogP contribution in [0, 0.1) is 20.8 Å². The summed E-state index contributed by atoms with van der Waals surface area (Å²) in [5.74, 6) is 0.253. The maximum atomic E-state index is 13.3. The number of anilines is 1. The van der Waals surface area contributed by atoms with Crippen LogP contribution < -0.4 is 10.7 Å². The zero-order valence-electron chi connectivity index (χ0n) is 29.6. The van der Waals surface area contributed by atoms with Crippen LogP contribution in [0.2, 0.25) is 0 Å². The van der Waals surface area contributed by atoms with Gasteiger partial charge in [-0.25, -0.2) is 9.18 Å². The highest BCUT2D eigenvalue weighted by Gasteiger charge is 2.23. The second-order valence-corrected chi connectivity index (χ2v) is 13.1. The Hall–Kier alpha value is -4.62. The number of carbonyl (C=O) groups is 1. The van der Waals surface area contributed by atoms with Gasteiger partial charge >= 0.3 is 5.97 Å². The molecule has 0 amide bonds. The number of fused-ring (bicyclic) bond motifs is 2. The lowest BCUT2D eigenvalue weighted by molar-refractivity contribution is 0.0130. The molecule has 0 fully saturated rings. The van der Waals surface area contributed by atoms with Crippen LogP contribution in [0.3, 0.4) is 0 Å². The van der Waals surface area contributed by atoms with Crippen molar-refractivity contribution in [2.75, 3.05) is 58.1 Å². The number of hydrogen-bond donors (Lipinski definition) is 2. The zero-order valence-corrected chi connectivity index (χ0v) is 30.4. The molecule has 0 aromatic heterocycles. The van der Waals surface area contributed by atoms with E-state index in [1.165, 1.54) is 12.1 Å². The van der Waals surface area contributed by atoms with Crippen molar-refractivity contribution in [3.63, 3.8) is 0 Å². The highest BCUT2D eigenvalue weighted by atomic mass is 32.2. The molecule has 0 bridgehead atoms. The topological polar surface area (TPSA) is 137 Å². The third-order valence-corrected chi connectivity index (χ3v) is 8.74. The molecular formula is C39H45FN2O8S. The highest BCUT2D eigenvalue weighted by molar-refractivity contribution is 7.85. The number of carbonyl (C=O) groups excluding carboxylic acids is 1. The molecule has 1 aliphatic heterocycles. The lowest BCUT2D eigenvalue weighted by Crippen LogP contribution is -2.14. The van der Waals surface area contributed by atoms with Crippen molar-refractivity contribution in [3.8, 4) is 22.5 Å². The largest absolute Gasteiger partial charge is 0.460 e. The number of ether oxygens (including phenoxy) is 3. The van der Waals surface area contributed by atoms with E-state index in [1.807, 2.05) is 51.1 Å². The Kier molecular flexibility index (Phi) is 14.3. The van der Waals surface area contributed by atoms with E-state index in [0.717, 1.165) is 56.4 Å². The van der Waals surface area contributed by atoms with E-state index < -0.39 is 22.8 Å². The lowest BCUT2D eigenvalue weighted by Gasteiger charge is -2.20. The molecule has 2 N–H and O–H groups in total. The smallest absolute Gasteiger partial charge is 0.338 e. The molecule has 0 radical (unpaired) electrons. The Bertz CT molecular complexity index is 2080. The van der Waals surface area contributed by atoms with Crippen LogP contribution in [0.4, 0.5) is 10.1 Å². The van der Waals surface area contributed by atoms with Crippen molar-refractivity contribution in [2.24, 2.45) is 4.99 Å². The average molecular weight is 720 g/mol. The van der Waals surface area contributed by atoms with Gasteiger partial charge in [-0.05, 0) is 81.6 Å². The van der Waals surface area contributed by atoms with Crippen molar-refractivity contribution < 1.29 is 40.8 Å². The summed E-state index contributed by atoms with van der Waals surface area (Å²) in [6.45, 7) is 11.9. The first-order valence-electron chi connectivity index (χ1n) is 16.8. The Labute approximate surface area is 298 Å². The fourth-order valence-electron chi connectivity index (χ4n) is 5.44. The second-order valence-electron chi connectivity index (χ2n) is 11.7. The van der Waals surface area contributed by atoms with Crippen molar-refractivity contribution in [2.45, 2.75) is 39.5 Å². The molecule has 0 saturated heterocycles. The summed E-state index contributed by atoms with van der Waals surface area (Å²) in [5, 5.41) is 5.19. The van der Waals surface area contributed by atoms with Crippen molar-refractivity contribution in [1.82, 2.24) is 0 Å². The van der Waals surface area contributed by atoms with Gasteiger partial charge in [-0.15, -0.1) is 0 Å². The summed E-state index contributed by atoms with van der Waals surface area (Å²) < 4.78 is 64.2. The molecule has 2 aliphatic rings. The van der Waals surface area contributed by atoms with Crippen LogP contribution in [-0.2, 0) is 24.3 Å². The molecule has 1 heterocycles. The van der Waals surface area contributed by atoms with Gasteiger partial charge in [0.25, 0.3) is 10.1 Å². The number of hydrogen-bond acceptors (Lipinski definition) is 9. The summed E-state index contributed by atoms with van der Waals surface area (Å²) in [5.41, 5.74) is 7.78. The van der Waals surface area contributed by atoms with Crippen LogP contribution in [0.15, 0.2) is 87.1 Å². The average Bonchev–Trinajstić information content (AvgIpc) is 3.10. The summed E-state index contributed by atoms with van der Waals surface area (Å²) in [6, 6.07) is 21.6. The lowest BCUT2D eigenvalue weighted by atomic mass is 9.89. The molecule has 5 rings (SSSR count). The summed E-state index contributed by atoms with van der Waals surface area (Å²) in [4.78, 5) is 17.9. The SMILES string of the molecule is CCN=c1cc2oc3cc(NCC)c(C)cc3c(-c3ccccc3C(=O)OCCOCCOCC[18F])c-2cc1C.Cc1ccc(S(=O)(=O)O)cc1. The normalized spacial score (nSPS) is 11.8. The molecule has 51 heavy (non-hydrogen) atoms. The molecule has 272 valence electrons. The van der Waals surface area contributed by atoms with Gasteiger partial charge in [0.2, 0.25) is 0 Å². The van der Waals surface area contributed by atoms with Crippen LogP contribution >= 0.6 is 0 Å². The number of alkyl halides is 1. The number of aryl methyl sites for hydroxylation is 3. The molecule has 3 aromatic carbocycles. The first-order valence-corrected chi connectivity index (χ1v) is 18.2. The molecular weight excluding hydrogens is 675 g/mol. The van der Waals surface area contributed by atoms with Gasteiger partial charge < -0.3 is 23.9 Å². The monoisotopic (exact) mass is 719 g/mol. The molecule has 3 aromatic rings. The molecule has 0 atom stereocenters. The van der Waals surface area contributed by atoms with Gasteiger partial charge in [0.15, 0.2) is 0 Å². The second kappa shape index (κ2) is 18.6. The molecule has 1 aliphatic carbocycles. The standard InChI is InChI=1S/C32H37FN2O5.C7H8O3S/c1-5-34-27-19-29-25(17-21(27)3)31(26-18-22(4)28(35-6-2)20-30(26)40-29)23-9-7-8-10-24(23)32(36)39-16-15-38-14-13-37-12-11-33;1-6-2-4-7(5-3-6)11(8,9)10/h7-10,17-20,34H,5-6,11-16H2,1-4H3;2-5H,1H3,(H,8,9,10)/i33-1;. The van der Waals surface area contributed by atoms with Crippen LogP contribution in [0.1, 0.15) is 40.9 Å². The van der Waals surface area contributed by atoms with E-state index in [-0.39, 0.29) is 24.7 Å². The van der Waals surface area contributed by atoms with Gasteiger partial charge in [-0.1, -0.05) is 35.9 Å². The Morgan fingerprint density at radius 3 is 2.22 bits per heavy atom. The van der Waals surface area contributed by atoms with Crippen molar-refractivity contribution >= 4 is 32.7 Å². The predicted molar refractivity (Wildman–Crippen MR) is 197 cm³/mol. The zero-order chi connectivity index (χ0) is 37.0. The molecule has 0 unspecified atom stereocenters. The minimum absolute atomic E-state index is 0.0510. The van der Waals surface area contributed by atoms with Gasteiger partial charge in [0, 0.05) is 47.4 Å². The Morgan fingerprint density at radius 1 is 0.863 bits per heavy atom. The minimum Gasteiger partial charge on any atom is -0.460 e. The molecule has 0 saturated carbocycles. The van der Waals surface area contributed by atoms with E-state index >= 15 is 0 Å². The number of nitrogens with one attached hydrogen (secondary N) is 1. The van der Waals surface area contributed by atoms with Crippen LogP contribution in [-0.4, -0.2) is 71.7 Å². The van der Waals surface area contributed by atoms with Crippen LogP contribution in [0.25, 0.3) is 33.4 Å². The van der Waals surface area contributed by atoms with Crippen molar-refractivity contribution in [1.29, 1.82) is 0 Å². The summed E-state index contributed by atoms with van der Waals surface area (Å²) in [6.07, 6.45) is 0. The molecule has 12 heteroatoms. The first-order chi connectivity index (χ1) is 24.5. The number of nitrogens with zero attached hydrogens (tertiary/aromatic N) is 1. The quantitative estimate of drug-likeness (QED) is 0.0515. The number of benzene rings is 4. The summed E-state index contributed by atoms with van der Waals surface area (Å²) >= 11 is 0. The Balaban J connectivity index is 0.000000452. The Morgan fingerprint density at radius 2 is 1.55 bits per heavy atom. The maximum Gasteiger partial charge on any atom is 0.338 e. The summed E-state index contributed by atoms with van der Waals surface area (Å²) in [7, 11) is -4.02. The minimum atomic E-state index is -4.02. The number of esters is 1. The third kappa shape index (κ3) is 10.5. The van der Waals surface area contributed by atoms with Crippen molar-refractivity contribution in [3.05, 3.63) is 100 Å². The predicted octanol–water partition coefficient (Wildman–Crippen LogP) is 7.58. The van der Waals surface area contributed by atoms with E-state index in [4.69, 9.17) is 23.2 Å². The maximum absolute atomic E-state index is 13.3. The fourth-order valence-corrected chi connectivity index (χ4v) is 5.92. The highest BCUT2D eigenvalue weighted by Crippen LogP contribution is 2.43. The molecule has 0 spiro atoms. The van der Waals surface area contributed by atoms with Gasteiger partial charge in [0.05, 0.1) is 42.2 Å². The number of rotatable bonds is 14. The van der Waals surface area contributed by atoms with E-state index in [0.29, 0.717) is 36.7 Å². The first kappa shape index (κ1) is 39.2. The fraction of sp³-hybridized carbons (Fsp3) is 0.333. The third-order valence-electron chi connectivity index (χ3n) is 7.87. The van der Waals surface area contributed by atoms with Gasteiger partial charge in [-0.3, -0.25) is 9.55 Å². The van der Waals surface area contributed by atoms with Gasteiger partial charge in [0.1, 0.15) is 24.6 Å². The van der Waals surface area contributed by atoms with Crippen LogP contribution in [0.5, 0.6) is 0 Å². The van der Waals surface area contributed by atoms with E-state index in [9.17, 15) is 17.6 Å².